The molecule has 2 aliphatic heterocycles. The molecular weight excluding hydrogens is 374 g/mol. The minimum absolute atomic E-state index is 0. The van der Waals surface area contributed by atoms with Gasteiger partial charge in [0.15, 0.2) is 0 Å². The number of piperidine rings is 1. The van der Waals surface area contributed by atoms with Crippen LogP contribution in [0.5, 0.6) is 0 Å². The number of nitrogens with one attached hydrogen (secondary N) is 2. The van der Waals surface area contributed by atoms with E-state index in [4.69, 9.17) is 0 Å². The van der Waals surface area contributed by atoms with Crippen LogP contribution in [0.2, 0.25) is 0 Å². The van der Waals surface area contributed by atoms with E-state index < -0.39 is 0 Å². The number of rotatable bonds is 5. The van der Waals surface area contributed by atoms with E-state index in [9.17, 15) is 9.59 Å². The molecule has 4 unspecified atom stereocenters. The second kappa shape index (κ2) is 10.3. The second-order valence-electron chi connectivity index (χ2n) is 10.2. The van der Waals surface area contributed by atoms with Crippen LogP contribution in [0.3, 0.4) is 0 Å². The number of amides is 2. The van der Waals surface area contributed by atoms with Crippen LogP contribution in [0.15, 0.2) is 0 Å². The lowest BCUT2D eigenvalue weighted by atomic mass is 9.67. The first kappa shape index (κ1) is 23.5. The summed E-state index contributed by atoms with van der Waals surface area (Å²) in [4.78, 5) is 27.2. The molecule has 1 saturated carbocycles. The van der Waals surface area contributed by atoms with Crippen molar-refractivity contribution >= 4 is 24.2 Å². The van der Waals surface area contributed by atoms with Crippen molar-refractivity contribution in [2.75, 3.05) is 26.2 Å². The maximum Gasteiger partial charge on any atom is 0.237 e. The number of hydrogen-bond donors (Lipinski definition) is 2. The Morgan fingerprint density at radius 2 is 1.93 bits per heavy atom. The molecule has 1 aliphatic carbocycles. The van der Waals surface area contributed by atoms with E-state index in [0.717, 1.165) is 51.2 Å². The Hall–Kier alpha value is -0.810. The highest BCUT2D eigenvalue weighted by atomic mass is 35.5. The zero-order chi connectivity index (χ0) is 19.4. The van der Waals surface area contributed by atoms with Gasteiger partial charge in [0.2, 0.25) is 11.8 Å². The molecule has 0 aromatic heterocycles. The van der Waals surface area contributed by atoms with Gasteiger partial charge in [0.1, 0.15) is 0 Å². The first-order valence-electron chi connectivity index (χ1n) is 11.1. The number of halogens is 1. The maximum absolute atomic E-state index is 12.9. The Bertz CT molecular complexity index is 534. The molecule has 6 heteroatoms. The third-order valence-electron chi connectivity index (χ3n) is 6.75. The normalized spacial score (nSPS) is 32.5. The molecule has 0 radical (unpaired) electrons. The molecule has 3 rings (SSSR count). The van der Waals surface area contributed by atoms with Crippen LogP contribution in [0.4, 0.5) is 0 Å². The van der Waals surface area contributed by atoms with Gasteiger partial charge < -0.3 is 15.5 Å². The van der Waals surface area contributed by atoms with Gasteiger partial charge in [-0.05, 0) is 74.7 Å². The fourth-order valence-corrected chi connectivity index (χ4v) is 5.81. The number of likely N-dealkylation sites (tertiary alicyclic amines) is 1. The van der Waals surface area contributed by atoms with E-state index >= 15 is 0 Å². The minimum atomic E-state index is -0.0111. The van der Waals surface area contributed by atoms with Crippen molar-refractivity contribution in [1.29, 1.82) is 0 Å². The highest BCUT2D eigenvalue weighted by Crippen LogP contribution is 2.43. The summed E-state index contributed by atoms with van der Waals surface area (Å²) >= 11 is 0. The molecular formula is C22H40ClN3O2. The summed E-state index contributed by atoms with van der Waals surface area (Å²) in [5, 5.41) is 6.36. The Balaban J connectivity index is 0.00000280. The van der Waals surface area contributed by atoms with E-state index in [1.165, 1.54) is 19.3 Å². The molecule has 4 atom stereocenters. The van der Waals surface area contributed by atoms with Crippen LogP contribution in [0.25, 0.3) is 0 Å². The van der Waals surface area contributed by atoms with Crippen LogP contribution < -0.4 is 10.6 Å². The Labute approximate surface area is 177 Å². The summed E-state index contributed by atoms with van der Waals surface area (Å²) in [6.45, 7) is 10.4. The largest absolute Gasteiger partial charge is 0.354 e. The molecule has 28 heavy (non-hydrogen) atoms. The quantitative estimate of drug-likeness (QED) is 0.726. The standard InChI is InChI=1S/C22H39N3O2.ClH/c1-16-10-18(13-22(2,3)12-16)11-20(26)25-9-5-6-17(15-25)14-24-21(27)19-7-4-8-23-19;/h16-19,23H,4-15H2,1-3H3,(H,24,27);1H. The third kappa shape index (κ3) is 6.62. The summed E-state index contributed by atoms with van der Waals surface area (Å²) in [5.41, 5.74) is 0.367. The molecule has 2 N–H and O–H groups in total. The van der Waals surface area contributed by atoms with Crippen LogP contribution >= 0.6 is 12.4 Å². The molecule has 0 bridgehead atoms. The van der Waals surface area contributed by atoms with E-state index in [-0.39, 0.29) is 24.4 Å². The van der Waals surface area contributed by atoms with E-state index in [1.807, 2.05) is 0 Å². The molecule has 3 aliphatic rings. The van der Waals surface area contributed by atoms with Crippen molar-refractivity contribution in [2.24, 2.45) is 23.2 Å². The van der Waals surface area contributed by atoms with Gasteiger partial charge in [-0.15, -0.1) is 12.4 Å². The SMILES string of the molecule is CC1CC(CC(=O)N2CCCC(CNC(=O)C3CCCN3)C2)CC(C)(C)C1.Cl. The Kier molecular flexibility index (Phi) is 8.62. The molecule has 2 amide bonds. The van der Waals surface area contributed by atoms with Gasteiger partial charge in [0.05, 0.1) is 6.04 Å². The fourth-order valence-electron chi connectivity index (χ4n) is 5.81. The summed E-state index contributed by atoms with van der Waals surface area (Å²) in [6, 6.07) is -0.0111. The highest BCUT2D eigenvalue weighted by molar-refractivity contribution is 5.85. The molecule has 5 nitrogen and oxygen atoms in total. The smallest absolute Gasteiger partial charge is 0.237 e. The topological polar surface area (TPSA) is 61.4 Å². The van der Waals surface area contributed by atoms with Gasteiger partial charge in [-0.3, -0.25) is 9.59 Å². The van der Waals surface area contributed by atoms with Crippen molar-refractivity contribution in [2.45, 2.75) is 78.2 Å². The second-order valence-corrected chi connectivity index (χ2v) is 10.2. The molecule has 2 saturated heterocycles. The predicted octanol–water partition coefficient (Wildman–Crippen LogP) is 3.37. The van der Waals surface area contributed by atoms with Crippen LogP contribution in [-0.2, 0) is 9.59 Å². The van der Waals surface area contributed by atoms with E-state index in [1.54, 1.807) is 0 Å². The summed E-state index contributed by atoms with van der Waals surface area (Å²) < 4.78 is 0. The van der Waals surface area contributed by atoms with Crippen molar-refractivity contribution in [1.82, 2.24) is 15.5 Å². The maximum atomic E-state index is 12.9. The van der Waals surface area contributed by atoms with Crippen LogP contribution in [0, 0.1) is 23.2 Å². The monoisotopic (exact) mass is 413 g/mol. The fraction of sp³-hybridized carbons (Fsp3) is 0.909. The van der Waals surface area contributed by atoms with Gasteiger partial charge in [-0.1, -0.05) is 20.8 Å². The lowest BCUT2D eigenvalue weighted by molar-refractivity contribution is -0.134. The van der Waals surface area contributed by atoms with Gasteiger partial charge in [0.25, 0.3) is 0 Å². The molecule has 0 aromatic rings. The Morgan fingerprint density at radius 3 is 2.61 bits per heavy atom. The molecule has 162 valence electrons. The molecule has 3 fully saturated rings. The average Bonchev–Trinajstić information content (AvgIpc) is 3.13. The summed E-state index contributed by atoms with van der Waals surface area (Å²) in [5.74, 6) is 2.12. The van der Waals surface area contributed by atoms with Gasteiger partial charge >= 0.3 is 0 Å². The van der Waals surface area contributed by atoms with Crippen molar-refractivity contribution < 1.29 is 9.59 Å². The average molecular weight is 414 g/mol. The lowest BCUT2D eigenvalue weighted by Gasteiger charge is -2.40. The first-order chi connectivity index (χ1) is 12.8. The van der Waals surface area contributed by atoms with E-state index in [2.05, 4.69) is 36.3 Å². The minimum Gasteiger partial charge on any atom is -0.354 e. The van der Waals surface area contributed by atoms with Gasteiger partial charge in [0, 0.05) is 26.1 Å². The zero-order valence-electron chi connectivity index (χ0n) is 18.0. The summed E-state index contributed by atoms with van der Waals surface area (Å²) in [7, 11) is 0. The van der Waals surface area contributed by atoms with Crippen LogP contribution in [0.1, 0.15) is 72.1 Å². The Morgan fingerprint density at radius 1 is 1.14 bits per heavy atom. The van der Waals surface area contributed by atoms with Crippen molar-refractivity contribution in [3.63, 3.8) is 0 Å². The van der Waals surface area contributed by atoms with Gasteiger partial charge in [-0.2, -0.15) is 0 Å². The predicted molar refractivity (Wildman–Crippen MR) is 115 cm³/mol. The summed E-state index contributed by atoms with van der Waals surface area (Å²) in [6.07, 6.45) is 8.54. The zero-order valence-corrected chi connectivity index (χ0v) is 18.8. The van der Waals surface area contributed by atoms with Crippen molar-refractivity contribution in [3.05, 3.63) is 0 Å². The lowest BCUT2D eigenvalue weighted by Crippen LogP contribution is -2.47. The number of carbonyl (C=O) groups excluding carboxylic acids is 2. The van der Waals surface area contributed by atoms with Crippen molar-refractivity contribution in [3.8, 4) is 0 Å². The number of nitrogens with zero attached hydrogens (tertiary/aromatic N) is 1. The van der Waals surface area contributed by atoms with E-state index in [0.29, 0.717) is 36.1 Å². The highest BCUT2D eigenvalue weighted by Gasteiger charge is 2.34. The molecule has 0 spiro atoms. The first-order valence-corrected chi connectivity index (χ1v) is 11.1. The molecule has 2 heterocycles. The number of carbonyl (C=O) groups is 2. The molecule has 0 aromatic carbocycles. The van der Waals surface area contributed by atoms with Gasteiger partial charge in [-0.25, -0.2) is 0 Å². The third-order valence-corrected chi connectivity index (χ3v) is 6.75. The number of hydrogen-bond acceptors (Lipinski definition) is 3. The van der Waals surface area contributed by atoms with Crippen LogP contribution in [-0.4, -0.2) is 48.9 Å².